The van der Waals surface area contributed by atoms with Crippen LogP contribution in [0.4, 0.5) is 0 Å². The van der Waals surface area contributed by atoms with E-state index < -0.39 is 5.41 Å². The summed E-state index contributed by atoms with van der Waals surface area (Å²) in [7, 11) is 1.61. The molecule has 1 aliphatic rings. The average Bonchev–Trinajstić information content (AvgIpc) is 2.87. The van der Waals surface area contributed by atoms with Crippen molar-refractivity contribution in [2.45, 2.75) is 26.7 Å². The second kappa shape index (κ2) is 4.02. The SMILES string of the molecule is C#CC1(C(=O)NC)CC1.CC. The first-order valence-electron chi connectivity index (χ1n) is 3.95. The lowest BCUT2D eigenvalue weighted by molar-refractivity contribution is -0.123. The highest BCUT2D eigenvalue weighted by atomic mass is 16.2. The Morgan fingerprint density at radius 3 is 2.09 bits per heavy atom. The van der Waals surface area contributed by atoms with Crippen LogP contribution >= 0.6 is 0 Å². The molecule has 0 saturated heterocycles. The zero-order valence-electron chi connectivity index (χ0n) is 7.40. The van der Waals surface area contributed by atoms with Crippen LogP contribution in [0.5, 0.6) is 0 Å². The molecule has 0 unspecified atom stereocenters. The molecule has 2 heteroatoms. The van der Waals surface area contributed by atoms with Crippen molar-refractivity contribution < 1.29 is 4.79 Å². The molecule has 11 heavy (non-hydrogen) atoms. The molecule has 0 bridgehead atoms. The van der Waals surface area contributed by atoms with Crippen molar-refractivity contribution in [3.8, 4) is 12.3 Å². The van der Waals surface area contributed by atoms with Gasteiger partial charge >= 0.3 is 0 Å². The molecule has 1 amide bonds. The highest BCUT2D eigenvalue weighted by molar-refractivity contribution is 5.88. The summed E-state index contributed by atoms with van der Waals surface area (Å²) in [4.78, 5) is 10.9. The lowest BCUT2D eigenvalue weighted by Gasteiger charge is -2.02. The Bertz CT molecular complexity index is 174. The Morgan fingerprint density at radius 1 is 1.55 bits per heavy atom. The third kappa shape index (κ3) is 1.98. The molecule has 1 rings (SSSR count). The molecule has 0 atom stereocenters. The molecule has 1 saturated carbocycles. The quantitative estimate of drug-likeness (QED) is 0.563. The zero-order chi connectivity index (χ0) is 8.91. The van der Waals surface area contributed by atoms with Crippen LogP contribution in [0, 0.1) is 17.8 Å². The van der Waals surface area contributed by atoms with E-state index in [0.29, 0.717) is 0 Å². The predicted octanol–water partition coefficient (Wildman–Crippen LogP) is 1.17. The number of carbonyl (C=O) groups is 1. The van der Waals surface area contributed by atoms with Crippen LogP contribution in [0.2, 0.25) is 0 Å². The topological polar surface area (TPSA) is 29.1 Å². The van der Waals surface area contributed by atoms with Gasteiger partial charge in [0.25, 0.3) is 0 Å². The maximum atomic E-state index is 10.9. The fraction of sp³-hybridized carbons (Fsp3) is 0.667. The van der Waals surface area contributed by atoms with Crippen LogP contribution in [-0.4, -0.2) is 13.0 Å². The van der Waals surface area contributed by atoms with Gasteiger partial charge in [0.1, 0.15) is 5.41 Å². The number of hydrogen-bond donors (Lipinski definition) is 1. The van der Waals surface area contributed by atoms with Gasteiger partial charge in [0.15, 0.2) is 0 Å². The zero-order valence-corrected chi connectivity index (χ0v) is 7.40. The van der Waals surface area contributed by atoms with Crippen molar-refractivity contribution in [1.82, 2.24) is 5.32 Å². The minimum absolute atomic E-state index is 0.00926. The van der Waals surface area contributed by atoms with Gasteiger partial charge in [-0.15, -0.1) is 6.42 Å². The minimum atomic E-state index is -0.422. The maximum Gasteiger partial charge on any atom is 0.238 e. The fourth-order valence-corrected chi connectivity index (χ4v) is 0.801. The van der Waals surface area contributed by atoms with Crippen LogP contribution in [0.1, 0.15) is 26.7 Å². The Balaban J connectivity index is 0.000000461. The predicted molar refractivity (Wildman–Crippen MR) is 45.9 cm³/mol. The van der Waals surface area contributed by atoms with E-state index in [0.717, 1.165) is 12.8 Å². The standard InChI is InChI=1S/C7H9NO.C2H6/c1-3-7(4-5-7)6(9)8-2;1-2/h1H,4-5H2,2H3,(H,8,9);1-2H3. The monoisotopic (exact) mass is 153 g/mol. The average molecular weight is 153 g/mol. The van der Waals surface area contributed by atoms with Gasteiger partial charge in [0.2, 0.25) is 5.91 Å². The Kier molecular flexibility index (Phi) is 3.67. The van der Waals surface area contributed by atoms with E-state index in [1.165, 1.54) is 0 Å². The summed E-state index contributed by atoms with van der Waals surface area (Å²) in [5.74, 6) is 2.48. The van der Waals surface area contributed by atoms with Crippen LogP contribution in [0.3, 0.4) is 0 Å². The van der Waals surface area contributed by atoms with Crippen LogP contribution in [-0.2, 0) is 4.79 Å². The third-order valence-electron chi connectivity index (χ3n) is 1.69. The fourth-order valence-electron chi connectivity index (χ4n) is 0.801. The highest BCUT2D eigenvalue weighted by Gasteiger charge is 2.47. The van der Waals surface area contributed by atoms with Crippen LogP contribution < -0.4 is 5.32 Å². The van der Waals surface area contributed by atoms with Gasteiger partial charge in [-0.3, -0.25) is 4.79 Å². The van der Waals surface area contributed by atoms with E-state index in [4.69, 9.17) is 6.42 Å². The van der Waals surface area contributed by atoms with Crippen molar-refractivity contribution >= 4 is 5.91 Å². The molecule has 0 aromatic heterocycles. The number of hydrogen-bond acceptors (Lipinski definition) is 1. The van der Waals surface area contributed by atoms with Crippen molar-refractivity contribution in [3.63, 3.8) is 0 Å². The summed E-state index contributed by atoms with van der Waals surface area (Å²) < 4.78 is 0. The third-order valence-corrected chi connectivity index (χ3v) is 1.69. The molecule has 1 aliphatic carbocycles. The van der Waals surface area contributed by atoms with E-state index >= 15 is 0 Å². The number of amides is 1. The molecule has 62 valence electrons. The molecule has 0 spiro atoms. The number of rotatable bonds is 1. The van der Waals surface area contributed by atoms with Crippen molar-refractivity contribution in [3.05, 3.63) is 0 Å². The lowest BCUT2D eigenvalue weighted by Crippen LogP contribution is -2.27. The molecular formula is C9H15NO. The molecule has 0 aliphatic heterocycles. The van der Waals surface area contributed by atoms with E-state index in [9.17, 15) is 4.79 Å². The first-order valence-corrected chi connectivity index (χ1v) is 3.95. The van der Waals surface area contributed by atoms with E-state index in [1.807, 2.05) is 13.8 Å². The smallest absolute Gasteiger partial charge is 0.238 e. The molecule has 1 fully saturated rings. The minimum Gasteiger partial charge on any atom is -0.358 e. The van der Waals surface area contributed by atoms with Crippen molar-refractivity contribution in [1.29, 1.82) is 0 Å². The molecule has 0 aromatic carbocycles. The van der Waals surface area contributed by atoms with E-state index in [2.05, 4.69) is 11.2 Å². The van der Waals surface area contributed by atoms with Crippen LogP contribution in [0.15, 0.2) is 0 Å². The van der Waals surface area contributed by atoms with E-state index in [1.54, 1.807) is 7.05 Å². The van der Waals surface area contributed by atoms with Crippen LogP contribution in [0.25, 0.3) is 0 Å². The van der Waals surface area contributed by atoms with Gasteiger partial charge in [-0.05, 0) is 12.8 Å². The maximum absolute atomic E-state index is 10.9. The summed E-state index contributed by atoms with van der Waals surface area (Å²) >= 11 is 0. The molecule has 2 nitrogen and oxygen atoms in total. The molecule has 0 radical (unpaired) electrons. The molecule has 0 heterocycles. The second-order valence-corrected chi connectivity index (χ2v) is 2.31. The largest absolute Gasteiger partial charge is 0.358 e. The molecular weight excluding hydrogens is 138 g/mol. The number of terminal acetylenes is 1. The van der Waals surface area contributed by atoms with Gasteiger partial charge in [-0.1, -0.05) is 19.8 Å². The Hall–Kier alpha value is -0.970. The molecule has 0 aromatic rings. The van der Waals surface area contributed by atoms with Gasteiger partial charge in [-0.2, -0.15) is 0 Å². The summed E-state index contributed by atoms with van der Waals surface area (Å²) in [5.41, 5.74) is -0.422. The summed E-state index contributed by atoms with van der Waals surface area (Å²) in [5, 5.41) is 2.54. The lowest BCUT2D eigenvalue weighted by atomic mass is 10.1. The van der Waals surface area contributed by atoms with E-state index in [-0.39, 0.29) is 5.91 Å². The first-order chi connectivity index (χ1) is 5.25. The first kappa shape index (κ1) is 10.0. The normalized spacial score (nSPS) is 16.9. The summed E-state index contributed by atoms with van der Waals surface area (Å²) in [6, 6.07) is 0. The highest BCUT2D eigenvalue weighted by Crippen LogP contribution is 2.44. The van der Waals surface area contributed by atoms with Crippen molar-refractivity contribution in [2.24, 2.45) is 5.41 Å². The summed E-state index contributed by atoms with van der Waals surface area (Å²) in [6.45, 7) is 4.00. The second-order valence-electron chi connectivity index (χ2n) is 2.31. The summed E-state index contributed by atoms with van der Waals surface area (Å²) in [6.07, 6.45) is 6.84. The van der Waals surface area contributed by atoms with Gasteiger partial charge in [0, 0.05) is 7.05 Å². The number of carbonyl (C=O) groups excluding carboxylic acids is 1. The number of nitrogens with one attached hydrogen (secondary N) is 1. The Morgan fingerprint density at radius 2 is 2.00 bits per heavy atom. The molecule has 1 N–H and O–H groups in total. The van der Waals surface area contributed by atoms with Gasteiger partial charge < -0.3 is 5.32 Å². The van der Waals surface area contributed by atoms with Gasteiger partial charge in [-0.25, -0.2) is 0 Å². The van der Waals surface area contributed by atoms with Crippen molar-refractivity contribution in [2.75, 3.05) is 7.05 Å². The Labute approximate surface area is 68.4 Å². The van der Waals surface area contributed by atoms with Gasteiger partial charge in [0.05, 0.1) is 0 Å².